The minimum absolute atomic E-state index is 0.0787. The zero-order valence-corrected chi connectivity index (χ0v) is 24.6. The molecule has 2 aromatic rings. The van der Waals surface area contributed by atoms with E-state index in [1.54, 1.807) is 23.2 Å². The number of nitrogens with zero attached hydrogens (tertiary/aromatic N) is 3. The first-order chi connectivity index (χ1) is 19.8. The van der Waals surface area contributed by atoms with Crippen LogP contribution in [-0.2, 0) is 23.9 Å². The zero-order chi connectivity index (χ0) is 28.3. The molecule has 1 unspecified atom stereocenters. The molecule has 6 aliphatic rings. The summed E-state index contributed by atoms with van der Waals surface area (Å²) in [6.07, 6.45) is 6.94. The van der Waals surface area contributed by atoms with Gasteiger partial charge in [0.1, 0.15) is 12.3 Å². The molecule has 2 aliphatic heterocycles. The van der Waals surface area contributed by atoms with E-state index < -0.39 is 50.7 Å². The Balaban J connectivity index is 1.10. The van der Waals surface area contributed by atoms with Crippen molar-refractivity contribution in [3.63, 3.8) is 0 Å². The lowest BCUT2D eigenvalue weighted by Gasteiger charge is -2.59. The van der Waals surface area contributed by atoms with Crippen LogP contribution in [0.1, 0.15) is 56.7 Å². The Morgan fingerprint density at radius 3 is 2.54 bits per heavy atom. The van der Waals surface area contributed by atoms with Crippen LogP contribution >= 0.6 is 20.7 Å². The summed E-state index contributed by atoms with van der Waals surface area (Å²) in [5.74, 6) is -0.939. The van der Waals surface area contributed by atoms with Crippen molar-refractivity contribution >= 4 is 53.0 Å². The molecule has 1 aromatic heterocycles. The third kappa shape index (κ3) is 4.64. The molecule has 41 heavy (non-hydrogen) atoms. The van der Waals surface area contributed by atoms with Gasteiger partial charge in [-0.05, 0) is 81.0 Å². The molecule has 6 fully saturated rings. The van der Waals surface area contributed by atoms with Crippen molar-refractivity contribution in [2.45, 2.75) is 63.0 Å². The smallest absolute Gasteiger partial charge is 0.354 e. The molecule has 8 rings (SSSR count). The van der Waals surface area contributed by atoms with Crippen LogP contribution in [-0.4, -0.2) is 61.3 Å². The summed E-state index contributed by atoms with van der Waals surface area (Å²) in [6, 6.07) is 8.88. The lowest BCUT2D eigenvalue weighted by Crippen LogP contribution is -2.65. The molecule has 2 atom stereocenters. The van der Waals surface area contributed by atoms with Gasteiger partial charge in [-0.1, -0.05) is 20.7 Å². The predicted molar refractivity (Wildman–Crippen MR) is 155 cm³/mol. The number of aliphatic hydroxyl groups is 1. The van der Waals surface area contributed by atoms with Crippen LogP contribution in [0, 0.1) is 38.6 Å². The highest BCUT2D eigenvalue weighted by Crippen LogP contribution is 2.60. The number of amides is 1. The van der Waals surface area contributed by atoms with Crippen LogP contribution in [0.5, 0.6) is 0 Å². The van der Waals surface area contributed by atoms with E-state index in [-0.39, 0.29) is 27.8 Å². The van der Waals surface area contributed by atoms with Crippen molar-refractivity contribution in [2.75, 3.05) is 13.1 Å². The number of aromatic nitrogens is 1. The van der Waals surface area contributed by atoms with Gasteiger partial charge in [0.05, 0.1) is 18.1 Å². The molecule has 0 radical (unpaired) electrons. The predicted octanol–water partition coefficient (Wildman–Crippen LogP) is 2.89. The van der Waals surface area contributed by atoms with Crippen LogP contribution in [0.3, 0.4) is 0 Å². The fourth-order valence-corrected chi connectivity index (χ4v) is 9.99. The number of fused-ring (bicyclic) bond motifs is 1. The van der Waals surface area contributed by atoms with Crippen molar-refractivity contribution in [3.8, 4) is 6.07 Å². The summed E-state index contributed by atoms with van der Waals surface area (Å²) in [7, 11) is 0. The number of rotatable bonds is 5. The maximum Gasteiger partial charge on any atom is 0.354 e. The molecule has 4 aliphatic carbocycles. The lowest BCUT2D eigenvalue weighted by atomic mass is 9.53. The number of nitriles is 1. The standard InChI is InChI=1S/C30H31IN4O6/c32-14-21-2-1-7-35(21)25(36)15-34-27(37)22-5-6-33-24-4-3-20(13-23(22)24)31-26-28(38)40-30(41-29(26)39)18-9-16-8-17(11-18)12-19(30)10-16/h3-6,13,16-19,21,27,34,37H,1-2,7-12,15H2/t16?,17?,18?,19?,21-,27?/m0/s1. The normalized spacial score (nSPS) is 32.7. The first kappa shape index (κ1) is 26.9. The van der Waals surface area contributed by atoms with E-state index in [4.69, 9.17) is 9.47 Å². The fraction of sp³-hybridized carbons (Fsp3) is 0.533. The summed E-state index contributed by atoms with van der Waals surface area (Å²) in [6.45, 7) is 0.420. The van der Waals surface area contributed by atoms with Crippen molar-refractivity contribution < 1.29 is 29.0 Å². The molecule has 1 amide bonds. The Morgan fingerprint density at radius 1 is 1.15 bits per heavy atom. The van der Waals surface area contributed by atoms with Gasteiger partial charge in [-0.15, -0.1) is 0 Å². The molecule has 1 aromatic carbocycles. The van der Waals surface area contributed by atoms with Crippen LogP contribution in [0.25, 0.3) is 10.9 Å². The second-order valence-electron chi connectivity index (χ2n) is 11.9. The average Bonchev–Trinajstić information content (AvgIpc) is 3.45. The van der Waals surface area contributed by atoms with E-state index in [0.717, 1.165) is 35.7 Å². The number of hydrogen-bond acceptors (Lipinski definition) is 9. The molecule has 2 N–H and O–H groups in total. The molecule has 2 saturated heterocycles. The first-order valence-corrected chi connectivity index (χ1v) is 16.5. The van der Waals surface area contributed by atoms with E-state index in [2.05, 4.69) is 16.4 Å². The number of benzene rings is 1. The largest absolute Gasteiger partial charge is 0.418 e. The van der Waals surface area contributed by atoms with Gasteiger partial charge in [0, 0.05) is 39.1 Å². The van der Waals surface area contributed by atoms with Crippen LogP contribution < -0.4 is 5.32 Å². The summed E-state index contributed by atoms with van der Waals surface area (Å²) in [5, 5.41) is 23.7. The summed E-state index contributed by atoms with van der Waals surface area (Å²) in [4.78, 5) is 45.2. The molecule has 214 valence electrons. The van der Waals surface area contributed by atoms with Crippen molar-refractivity contribution in [2.24, 2.45) is 23.7 Å². The Hall–Kier alpha value is -2.95. The van der Waals surface area contributed by atoms with E-state index in [9.17, 15) is 24.8 Å². The van der Waals surface area contributed by atoms with Gasteiger partial charge in [0.2, 0.25) is 5.91 Å². The Kier molecular flexibility index (Phi) is 6.83. The summed E-state index contributed by atoms with van der Waals surface area (Å²) < 4.78 is 13.0. The van der Waals surface area contributed by atoms with Gasteiger partial charge in [0.15, 0.2) is 3.51 Å². The van der Waals surface area contributed by atoms with Gasteiger partial charge in [0.25, 0.3) is 5.79 Å². The average molecular weight is 671 g/mol. The molecule has 10 nitrogen and oxygen atoms in total. The number of pyridine rings is 1. The second-order valence-corrected chi connectivity index (χ2v) is 14.8. The number of ether oxygens (including phenoxy) is 2. The SMILES string of the molecule is N#C[C@@H]1CCCN1C(=O)CNC(O)c1ccnc2ccc(I=C3C(=O)OC4(OC3=O)C3CC5CC(C3)CC4C5)cc12. The van der Waals surface area contributed by atoms with E-state index in [0.29, 0.717) is 41.3 Å². The lowest BCUT2D eigenvalue weighted by molar-refractivity contribution is -0.308. The maximum absolute atomic E-state index is 13.3. The van der Waals surface area contributed by atoms with Crippen LogP contribution in [0.2, 0.25) is 0 Å². The second kappa shape index (κ2) is 10.4. The molecule has 1 spiro atoms. The zero-order valence-electron chi connectivity index (χ0n) is 22.4. The number of halogens is 1. The number of aliphatic hydroxyl groups excluding tert-OH is 1. The Bertz CT molecular complexity index is 1470. The fourth-order valence-electron chi connectivity index (χ4n) is 7.88. The van der Waals surface area contributed by atoms with Gasteiger partial charge in [-0.2, -0.15) is 5.26 Å². The minimum atomic E-state index is -1.22. The number of nitrogens with one attached hydrogen (secondary N) is 1. The van der Waals surface area contributed by atoms with E-state index in [1.807, 2.05) is 12.1 Å². The number of carbonyl (C=O) groups excluding carboxylic acids is 3. The Morgan fingerprint density at radius 2 is 1.85 bits per heavy atom. The molecule has 11 heteroatoms. The molecule has 4 saturated carbocycles. The van der Waals surface area contributed by atoms with Gasteiger partial charge >= 0.3 is 11.9 Å². The van der Waals surface area contributed by atoms with Crippen LogP contribution in [0.15, 0.2) is 30.5 Å². The van der Waals surface area contributed by atoms with Gasteiger partial charge < -0.3 is 19.5 Å². The highest BCUT2D eigenvalue weighted by Gasteiger charge is 2.64. The summed E-state index contributed by atoms with van der Waals surface area (Å²) >= 11 is -1.22. The molecular formula is C30H31IN4O6. The highest BCUT2D eigenvalue weighted by molar-refractivity contribution is 14.2. The Labute approximate surface area is 247 Å². The first-order valence-electron chi connectivity index (χ1n) is 14.3. The topological polar surface area (TPSA) is 142 Å². The van der Waals surface area contributed by atoms with Crippen molar-refractivity contribution in [1.29, 1.82) is 5.26 Å². The van der Waals surface area contributed by atoms with Gasteiger partial charge in [-0.25, -0.2) is 9.59 Å². The highest BCUT2D eigenvalue weighted by atomic mass is 127. The van der Waals surface area contributed by atoms with Crippen molar-refractivity contribution in [3.05, 3.63) is 39.6 Å². The van der Waals surface area contributed by atoms with E-state index in [1.165, 1.54) is 6.42 Å². The van der Waals surface area contributed by atoms with E-state index >= 15 is 0 Å². The summed E-state index contributed by atoms with van der Waals surface area (Å²) in [5.41, 5.74) is 1.16. The molecule has 3 heterocycles. The molecular weight excluding hydrogens is 639 g/mol. The maximum atomic E-state index is 13.3. The number of carbonyl (C=O) groups is 3. The number of esters is 2. The number of hydrogen-bond donors (Lipinski definition) is 2. The third-order valence-corrected chi connectivity index (χ3v) is 12.3. The minimum Gasteiger partial charge on any atom is -0.418 e. The van der Waals surface area contributed by atoms with Crippen molar-refractivity contribution in [1.82, 2.24) is 15.2 Å². The quantitative estimate of drug-likeness (QED) is 0.279. The third-order valence-electron chi connectivity index (χ3n) is 9.54. The number of likely N-dealkylation sites (tertiary alicyclic amines) is 1. The monoisotopic (exact) mass is 670 g/mol. The van der Waals surface area contributed by atoms with Crippen LogP contribution in [0.4, 0.5) is 0 Å². The van der Waals surface area contributed by atoms with Gasteiger partial charge in [-0.3, -0.25) is 15.1 Å². The molecule has 4 bridgehead atoms.